The van der Waals surface area contributed by atoms with E-state index in [1.165, 1.54) is 7.11 Å². The largest absolute Gasteiger partial charge is 0.508 e. The van der Waals surface area contributed by atoms with E-state index in [1.54, 1.807) is 24.4 Å². The van der Waals surface area contributed by atoms with Gasteiger partial charge in [-0.05, 0) is 18.2 Å². The van der Waals surface area contributed by atoms with Crippen LogP contribution >= 0.6 is 0 Å². The topological polar surface area (TPSA) is 51.5 Å². The lowest BCUT2D eigenvalue weighted by atomic mass is 10.2. The molecule has 2 rings (SSSR count). The van der Waals surface area contributed by atoms with E-state index in [0.717, 1.165) is 5.52 Å². The molecule has 0 unspecified atom stereocenters. The summed E-state index contributed by atoms with van der Waals surface area (Å²) in [5, 5.41) is 10.1. The average molecular weight is 205 g/mol. The van der Waals surface area contributed by atoms with Crippen molar-refractivity contribution in [1.82, 2.24) is 4.57 Å². The van der Waals surface area contributed by atoms with Gasteiger partial charge in [-0.3, -0.25) is 0 Å². The Bertz CT molecular complexity index is 528. The summed E-state index contributed by atoms with van der Waals surface area (Å²) >= 11 is 0. The van der Waals surface area contributed by atoms with Gasteiger partial charge in [0.1, 0.15) is 5.75 Å². The molecule has 1 aromatic carbocycles. The molecular formula is C11H11NO3. The van der Waals surface area contributed by atoms with Crippen LogP contribution in [0.1, 0.15) is 10.4 Å². The molecule has 0 aliphatic rings. The SMILES string of the molecule is COC(=O)c1cn(C)c2ccc(O)cc12. The molecule has 0 fully saturated rings. The highest BCUT2D eigenvalue weighted by molar-refractivity contribution is 6.04. The molecule has 0 bridgehead atoms. The molecule has 15 heavy (non-hydrogen) atoms. The van der Waals surface area contributed by atoms with Crippen LogP contribution in [0.15, 0.2) is 24.4 Å². The first-order valence-corrected chi connectivity index (χ1v) is 4.50. The summed E-state index contributed by atoms with van der Waals surface area (Å²) in [6.45, 7) is 0. The first kappa shape index (κ1) is 9.58. The number of fused-ring (bicyclic) bond motifs is 1. The number of phenolic OH excluding ortho intramolecular Hbond substituents is 1. The van der Waals surface area contributed by atoms with Crippen LogP contribution in [-0.4, -0.2) is 22.8 Å². The fourth-order valence-corrected chi connectivity index (χ4v) is 1.65. The standard InChI is InChI=1S/C11H11NO3/c1-12-6-9(11(14)15-2)8-5-7(13)3-4-10(8)12/h3-6,13H,1-2H3. The summed E-state index contributed by atoms with van der Waals surface area (Å²) in [7, 11) is 3.18. The molecule has 1 N–H and O–H groups in total. The minimum absolute atomic E-state index is 0.138. The smallest absolute Gasteiger partial charge is 0.340 e. The van der Waals surface area contributed by atoms with Gasteiger partial charge in [0.2, 0.25) is 0 Å². The van der Waals surface area contributed by atoms with E-state index in [-0.39, 0.29) is 5.75 Å². The van der Waals surface area contributed by atoms with Crippen molar-refractivity contribution in [3.63, 3.8) is 0 Å². The lowest BCUT2D eigenvalue weighted by Gasteiger charge is -1.97. The van der Waals surface area contributed by atoms with Gasteiger partial charge in [-0.2, -0.15) is 0 Å². The zero-order valence-corrected chi connectivity index (χ0v) is 8.52. The van der Waals surface area contributed by atoms with E-state index in [9.17, 15) is 9.90 Å². The summed E-state index contributed by atoms with van der Waals surface area (Å²) < 4.78 is 6.48. The number of esters is 1. The summed E-state index contributed by atoms with van der Waals surface area (Å²) in [5.74, 6) is -0.259. The van der Waals surface area contributed by atoms with Crippen molar-refractivity contribution in [2.45, 2.75) is 0 Å². The molecule has 78 valence electrons. The highest BCUT2D eigenvalue weighted by atomic mass is 16.5. The van der Waals surface area contributed by atoms with Gasteiger partial charge in [-0.1, -0.05) is 0 Å². The van der Waals surface area contributed by atoms with Gasteiger partial charge in [0.15, 0.2) is 0 Å². The van der Waals surface area contributed by atoms with Crippen molar-refractivity contribution in [2.24, 2.45) is 7.05 Å². The highest BCUT2D eigenvalue weighted by Gasteiger charge is 2.14. The van der Waals surface area contributed by atoms with Crippen molar-refractivity contribution >= 4 is 16.9 Å². The lowest BCUT2D eigenvalue weighted by molar-refractivity contribution is 0.0603. The summed E-state index contributed by atoms with van der Waals surface area (Å²) in [5.41, 5.74) is 1.35. The molecule has 0 spiro atoms. The van der Waals surface area contributed by atoms with Gasteiger partial charge < -0.3 is 14.4 Å². The number of carbonyl (C=O) groups excluding carboxylic acids is 1. The number of hydrogen-bond donors (Lipinski definition) is 1. The second-order valence-corrected chi connectivity index (χ2v) is 3.35. The average Bonchev–Trinajstić information content (AvgIpc) is 2.54. The number of rotatable bonds is 1. The summed E-state index contributed by atoms with van der Waals surface area (Å²) in [4.78, 5) is 11.4. The third kappa shape index (κ3) is 1.44. The van der Waals surface area contributed by atoms with E-state index in [2.05, 4.69) is 4.74 Å². The van der Waals surface area contributed by atoms with Crippen molar-refractivity contribution < 1.29 is 14.6 Å². The van der Waals surface area contributed by atoms with Crippen LogP contribution in [0.3, 0.4) is 0 Å². The number of carbonyl (C=O) groups is 1. The zero-order chi connectivity index (χ0) is 11.0. The van der Waals surface area contributed by atoms with E-state index in [1.807, 2.05) is 11.6 Å². The minimum Gasteiger partial charge on any atom is -0.508 e. The third-order valence-corrected chi connectivity index (χ3v) is 2.38. The second kappa shape index (κ2) is 3.31. The predicted molar refractivity (Wildman–Crippen MR) is 55.9 cm³/mol. The van der Waals surface area contributed by atoms with Crippen LogP contribution in [0.25, 0.3) is 10.9 Å². The molecule has 0 saturated carbocycles. The number of aromatic hydroxyl groups is 1. The summed E-state index contributed by atoms with van der Waals surface area (Å²) in [6, 6.07) is 4.90. The Hall–Kier alpha value is -1.97. The maximum absolute atomic E-state index is 11.4. The van der Waals surface area contributed by atoms with Crippen LogP contribution in [0.4, 0.5) is 0 Å². The van der Waals surface area contributed by atoms with Gasteiger partial charge in [0.25, 0.3) is 0 Å². The number of phenols is 1. The first-order valence-electron chi connectivity index (χ1n) is 4.50. The number of benzene rings is 1. The Balaban J connectivity index is 2.75. The predicted octanol–water partition coefficient (Wildman–Crippen LogP) is 1.67. The molecular weight excluding hydrogens is 194 g/mol. The van der Waals surface area contributed by atoms with Crippen LogP contribution in [0.2, 0.25) is 0 Å². The molecule has 0 aliphatic heterocycles. The fraction of sp³-hybridized carbons (Fsp3) is 0.182. The number of hydrogen-bond acceptors (Lipinski definition) is 3. The Morgan fingerprint density at radius 3 is 2.87 bits per heavy atom. The maximum atomic E-state index is 11.4. The van der Waals surface area contributed by atoms with Gasteiger partial charge in [-0.25, -0.2) is 4.79 Å². The number of methoxy groups -OCH3 is 1. The monoisotopic (exact) mass is 205 g/mol. The number of aryl methyl sites for hydroxylation is 1. The zero-order valence-electron chi connectivity index (χ0n) is 8.52. The van der Waals surface area contributed by atoms with Crippen molar-refractivity contribution in [3.05, 3.63) is 30.0 Å². The molecule has 1 heterocycles. The Labute approximate surface area is 86.7 Å². The van der Waals surface area contributed by atoms with Crippen molar-refractivity contribution in [3.8, 4) is 5.75 Å². The molecule has 0 saturated heterocycles. The number of aromatic nitrogens is 1. The van der Waals surface area contributed by atoms with Gasteiger partial charge in [0.05, 0.1) is 12.7 Å². The lowest BCUT2D eigenvalue weighted by Crippen LogP contribution is -1.99. The molecule has 4 nitrogen and oxygen atoms in total. The van der Waals surface area contributed by atoms with Crippen LogP contribution in [0.5, 0.6) is 5.75 Å². The highest BCUT2D eigenvalue weighted by Crippen LogP contribution is 2.25. The maximum Gasteiger partial charge on any atom is 0.340 e. The molecule has 4 heteroatoms. The Kier molecular flexibility index (Phi) is 2.11. The molecule has 2 aromatic rings. The molecule has 0 amide bonds. The van der Waals surface area contributed by atoms with E-state index >= 15 is 0 Å². The van der Waals surface area contributed by atoms with Crippen molar-refractivity contribution in [2.75, 3.05) is 7.11 Å². The fourth-order valence-electron chi connectivity index (χ4n) is 1.65. The summed E-state index contributed by atoms with van der Waals surface area (Å²) in [6.07, 6.45) is 1.69. The minimum atomic E-state index is -0.397. The third-order valence-electron chi connectivity index (χ3n) is 2.38. The quantitative estimate of drug-likeness (QED) is 0.720. The van der Waals surface area contributed by atoms with E-state index in [0.29, 0.717) is 10.9 Å². The second-order valence-electron chi connectivity index (χ2n) is 3.35. The van der Waals surface area contributed by atoms with E-state index < -0.39 is 5.97 Å². The van der Waals surface area contributed by atoms with Crippen LogP contribution in [-0.2, 0) is 11.8 Å². The molecule has 1 aromatic heterocycles. The van der Waals surface area contributed by atoms with Crippen molar-refractivity contribution in [1.29, 1.82) is 0 Å². The number of ether oxygens (including phenoxy) is 1. The molecule has 0 atom stereocenters. The van der Waals surface area contributed by atoms with E-state index in [4.69, 9.17) is 0 Å². The van der Waals surface area contributed by atoms with Gasteiger partial charge in [0, 0.05) is 24.1 Å². The van der Waals surface area contributed by atoms with Gasteiger partial charge >= 0.3 is 5.97 Å². The van der Waals surface area contributed by atoms with Gasteiger partial charge in [-0.15, -0.1) is 0 Å². The first-order chi connectivity index (χ1) is 7.13. The number of nitrogens with zero attached hydrogens (tertiary/aromatic N) is 1. The Morgan fingerprint density at radius 2 is 2.20 bits per heavy atom. The van der Waals surface area contributed by atoms with Crippen LogP contribution in [0, 0.1) is 0 Å². The Morgan fingerprint density at radius 1 is 1.47 bits per heavy atom. The van der Waals surface area contributed by atoms with Crippen LogP contribution < -0.4 is 0 Å². The normalized spacial score (nSPS) is 10.5. The molecule has 0 aliphatic carbocycles. The molecule has 0 radical (unpaired) electrons.